The quantitative estimate of drug-likeness (QED) is 0.430. The molecule has 1 aliphatic heterocycles. The molecule has 0 N–H and O–H groups in total. The molecule has 8 nitrogen and oxygen atoms in total. The minimum atomic E-state index is -3.61. The number of piperazine rings is 1. The number of imidazole rings is 1. The Kier molecular flexibility index (Phi) is 8.13. The van der Waals surface area contributed by atoms with Crippen LogP contribution >= 0.6 is 11.6 Å². The van der Waals surface area contributed by atoms with Crippen LogP contribution in [0.3, 0.4) is 0 Å². The molecule has 0 spiro atoms. The fraction of sp³-hybridized carbons (Fsp3) is 0.400. The van der Waals surface area contributed by atoms with Gasteiger partial charge in [0.1, 0.15) is 11.6 Å². The third-order valence-corrected chi connectivity index (χ3v) is 8.26. The molecule has 188 valence electrons. The largest absolute Gasteiger partial charge is 0.497 e. The first-order valence-electron chi connectivity index (χ1n) is 11.5. The first-order chi connectivity index (χ1) is 16.8. The number of aryl methyl sites for hydroxylation is 2. The van der Waals surface area contributed by atoms with E-state index in [0.717, 1.165) is 16.9 Å². The lowest BCUT2D eigenvalue weighted by Crippen LogP contribution is -2.49. The van der Waals surface area contributed by atoms with Crippen LogP contribution in [0.5, 0.6) is 5.75 Å². The number of rotatable bonds is 9. The highest BCUT2D eigenvalue weighted by molar-refractivity contribution is 7.89. The van der Waals surface area contributed by atoms with Crippen LogP contribution in [0.25, 0.3) is 0 Å². The molecule has 1 unspecified atom stereocenters. The Morgan fingerprint density at radius 2 is 1.83 bits per heavy atom. The number of sulfonamides is 1. The number of methoxy groups -OCH3 is 1. The van der Waals surface area contributed by atoms with Crippen molar-refractivity contribution >= 4 is 21.6 Å². The molecule has 0 bridgehead atoms. The molecular formula is C25H31ClN4O4S. The molecule has 10 heteroatoms. The first kappa shape index (κ1) is 25.7. The Morgan fingerprint density at radius 1 is 1.09 bits per heavy atom. The summed E-state index contributed by atoms with van der Waals surface area (Å²) < 4.78 is 41.1. The zero-order valence-corrected chi connectivity index (χ0v) is 21.8. The van der Waals surface area contributed by atoms with Gasteiger partial charge in [0, 0.05) is 51.0 Å². The lowest BCUT2D eigenvalue weighted by atomic mass is 10.1. The lowest BCUT2D eigenvalue weighted by Gasteiger charge is -2.35. The minimum Gasteiger partial charge on any atom is -0.497 e. The monoisotopic (exact) mass is 518 g/mol. The van der Waals surface area contributed by atoms with E-state index in [1.165, 1.54) is 4.31 Å². The van der Waals surface area contributed by atoms with Gasteiger partial charge in [-0.1, -0.05) is 35.9 Å². The number of benzene rings is 2. The highest BCUT2D eigenvalue weighted by Crippen LogP contribution is 2.26. The summed E-state index contributed by atoms with van der Waals surface area (Å²) in [5, 5.41) is 0.773. The topological polar surface area (TPSA) is 76.9 Å². The average molecular weight is 519 g/mol. The summed E-state index contributed by atoms with van der Waals surface area (Å²) in [6, 6.07) is 15.5. The van der Waals surface area contributed by atoms with Crippen LogP contribution in [0.2, 0.25) is 5.02 Å². The molecule has 1 saturated heterocycles. The maximum absolute atomic E-state index is 13.0. The number of nitrogens with zero attached hydrogens (tertiary/aromatic N) is 4. The summed E-state index contributed by atoms with van der Waals surface area (Å²) in [7, 11) is -0.177. The number of hydrogen-bond acceptors (Lipinski definition) is 6. The summed E-state index contributed by atoms with van der Waals surface area (Å²) >= 11 is 6.14. The van der Waals surface area contributed by atoms with Gasteiger partial charge in [-0.25, -0.2) is 13.4 Å². The second kappa shape index (κ2) is 11.1. The molecule has 2 heterocycles. The molecule has 1 aromatic heterocycles. The van der Waals surface area contributed by atoms with Crippen LogP contribution < -0.4 is 4.74 Å². The van der Waals surface area contributed by atoms with Gasteiger partial charge in [0.05, 0.1) is 19.8 Å². The van der Waals surface area contributed by atoms with Crippen molar-refractivity contribution in [2.24, 2.45) is 7.05 Å². The molecule has 1 fully saturated rings. The van der Waals surface area contributed by atoms with Crippen molar-refractivity contribution in [3.63, 3.8) is 0 Å². The van der Waals surface area contributed by atoms with Crippen molar-refractivity contribution in [2.75, 3.05) is 39.8 Å². The zero-order valence-electron chi connectivity index (χ0n) is 20.2. The fourth-order valence-corrected chi connectivity index (χ4v) is 5.75. The van der Waals surface area contributed by atoms with Crippen molar-refractivity contribution < 1.29 is 17.9 Å². The minimum absolute atomic E-state index is 0.102. The number of aromatic nitrogens is 2. The van der Waals surface area contributed by atoms with Crippen LogP contribution in [0.4, 0.5) is 0 Å². The summed E-state index contributed by atoms with van der Waals surface area (Å²) in [5.74, 6) is 1.43. The molecule has 0 radical (unpaired) electrons. The molecule has 0 aliphatic carbocycles. The Bertz CT molecular complexity index is 1240. The van der Waals surface area contributed by atoms with Gasteiger partial charge in [-0.05, 0) is 42.3 Å². The summed E-state index contributed by atoms with van der Waals surface area (Å²) in [4.78, 5) is 6.45. The SMILES string of the molecule is COc1cccc(C(CN2CCN(S(=O)(=O)c3cn(C)c(C)n3)CC2)OCc2cccc(Cl)c2)c1. The van der Waals surface area contributed by atoms with E-state index in [-0.39, 0.29) is 11.1 Å². The van der Waals surface area contributed by atoms with Gasteiger partial charge in [0.15, 0.2) is 5.03 Å². The maximum atomic E-state index is 13.0. The molecule has 1 atom stereocenters. The summed E-state index contributed by atoms with van der Waals surface area (Å²) in [5.41, 5.74) is 2.00. The van der Waals surface area contributed by atoms with E-state index in [1.807, 2.05) is 48.5 Å². The van der Waals surface area contributed by atoms with E-state index >= 15 is 0 Å². The normalized spacial score (nSPS) is 16.3. The van der Waals surface area contributed by atoms with Gasteiger partial charge in [-0.2, -0.15) is 4.31 Å². The Hall–Kier alpha value is -2.43. The van der Waals surface area contributed by atoms with Gasteiger partial charge >= 0.3 is 0 Å². The van der Waals surface area contributed by atoms with Gasteiger partial charge < -0.3 is 14.0 Å². The number of halogens is 1. The maximum Gasteiger partial charge on any atom is 0.262 e. The highest BCUT2D eigenvalue weighted by Gasteiger charge is 2.31. The molecule has 0 saturated carbocycles. The van der Waals surface area contributed by atoms with Crippen molar-refractivity contribution in [3.8, 4) is 5.75 Å². The Labute approximate surface area is 212 Å². The van der Waals surface area contributed by atoms with Gasteiger partial charge in [0.25, 0.3) is 10.0 Å². The Balaban J connectivity index is 1.44. The smallest absolute Gasteiger partial charge is 0.262 e. The van der Waals surface area contributed by atoms with Crippen molar-refractivity contribution in [3.05, 3.63) is 76.7 Å². The lowest BCUT2D eigenvalue weighted by molar-refractivity contribution is 0.00762. The summed E-state index contributed by atoms with van der Waals surface area (Å²) in [6.07, 6.45) is 1.35. The van der Waals surface area contributed by atoms with Crippen molar-refractivity contribution in [2.45, 2.75) is 24.7 Å². The molecule has 1 aliphatic rings. The molecule has 0 amide bonds. The second-order valence-corrected chi connectivity index (χ2v) is 11.0. The van der Waals surface area contributed by atoms with Crippen LogP contribution in [-0.4, -0.2) is 67.0 Å². The molecule has 35 heavy (non-hydrogen) atoms. The van der Waals surface area contributed by atoms with E-state index in [0.29, 0.717) is 50.2 Å². The number of hydrogen-bond donors (Lipinski definition) is 0. The average Bonchev–Trinajstić information content (AvgIpc) is 3.21. The van der Waals surface area contributed by atoms with Crippen LogP contribution in [-0.2, 0) is 28.4 Å². The van der Waals surface area contributed by atoms with E-state index in [2.05, 4.69) is 9.88 Å². The molecule has 3 aromatic rings. The summed E-state index contributed by atoms with van der Waals surface area (Å²) in [6.45, 7) is 4.84. The van der Waals surface area contributed by atoms with Gasteiger partial charge in [0.2, 0.25) is 0 Å². The first-order valence-corrected chi connectivity index (χ1v) is 13.3. The van der Waals surface area contributed by atoms with Crippen LogP contribution in [0, 0.1) is 6.92 Å². The molecule has 4 rings (SSSR count). The van der Waals surface area contributed by atoms with Crippen molar-refractivity contribution in [1.82, 2.24) is 18.8 Å². The van der Waals surface area contributed by atoms with E-state index in [1.54, 1.807) is 31.8 Å². The molecule has 2 aromatic carbocycles. The third-order valence-electron chi connectivity index (χ3n) is 6.25. The van der Waals surface area contributed by atoms with Crippen molar-refractivity contribution in [1.29, 1.82) is 0 Å². The fourth-order valence-electron chi connectivity index (χ4n) is 4.09. The van der Waals surface area contributed by atoms with E-state index < -0.39 is 10.0 Å². The predicted octanol–water partition coefficient (Wildman–Crippen LogP) is 3.65. The van der Waals surface area contributed by atoms with Gasteiger partial charge in [-0.15, -0.1) is 0 Å². The van der Waals surface area contributed by atoms with Crippen LogP contribution in [0.1, 0.15) is 23.1 Å². The second-order valence-electron chi connectivity index (χ2n) is 8.65. The van der Waals surface area contributed by atoms with Gasteiger partial charge in [-0.3, -0.25) is 4.90 Å². The zero-order chi connectivity index (χ0) is 25.0. The Morgan fingerprint density at radius 3 is 2.49 bits per heavy atom. The molecular weight excluding hydrogens is 488 g/mol. The predicted molar refractivity (Wildman–Crippen MR) is 135 cm³/mol. The highest BCUT2D eigenvalue weighted by atomic mass is 35.5. The van der Waals surface area contributed by atoms with E-state index in [4.69, 9.17) is 21.1 Å². The standard InChI is InChI=1S/C25H31ClN4O4S/c1-19-27-25(17-28(19)2)35(31,32)30-12-10-29(11-13-30)16-24(21-7-5-9-23(15-21)33-3)34-18-20-6-4-8-22(26)14-20/h4-9,14-15,17,24H,10-13,16,18H2,1-3H3. The van der Waals surface area contributed by atoms with Crippen LogP contribution in [0.15, 0.2) is 59.8 Å². The third kappa shape index (κ3) is 6.23. The number of ether oxygens (including phenoxy) is 2. The van der Waals surface area contributed by atoms with E-state index in [9.17, 15) is 8.42 Å².